The highest BCUT2D eigenvalue weighted by molar-refractivity contribution is 7.47. The number of carbonyl (C=O) groups is 1. The molecule has 0 aromatic rings. The van der Waals surface area contributed by atoms with Crippen molar-refractivity contribution in [2.45, 2.75) is 148 Å². The second kappa shape index (κ2) is 27.1. The predicted octanol–water partition coefficient (Wildman–Crippen LogP) is 7.19. The zero-order valence-corrected chi connectivity index (χ0v) is 24.6. The number of unbranched alkanes of at least 4 members (excludes halogenated alkanes) is 19. The van der Waals surface area contributed by atoms with Crippen LogP contribution in [0.1, 0.15) is 142 Å². The molecule has 2 atom stereocenters. The molecule has 0 fully saturated rings. The summed E-state index contributed by atoms with van der Waals surface area (Å²) in [5, 5.41) is 9.71. The number of hydrogen-bond acceptors (Lipinski definition) is 7. The Hall–Kier alpha value is -0.500. The second-order valence-corrected chi connectivity index (χ2v) is 11.6. The minimum atomic E-state index is -4.24. The first-order valence-electron chi connectivity index (χ1n) is 15.1. The van der Waals surface area contributed by atoms with E-state index in [1.54, 1.807) is 0 Å². The lowest BCUT2D eigenvalue weighted by Crippen LogP contribution is -2.23. The summed E-state index contributed by atoms with van der Waals surface area (Å²) in [4.78, 5) is 21.1. The van der Waals surface area contributed by atoms with Crippen molar-refractivity contribution in [1.29, 1.82) is 0 Å². The Kier molecular flexibility index (Phi) is 26.7. The highest BCUT2D eigenvalue weighted by Crippen LogP contribution is 2.42. The van der Waals surface area contributed by atoms with E-state index in [-0.39, 0.29) is 25.7 Å². The Morgan fingerprint density at radius 2 is 1.11 bits per heavy atom. The first-order chi connectivity index (χ1) is 17.9. The van der Waals surface area contributed by atoms with E-state index in [2.05, 4.69) is 16.0 Å². The van der Waals surface area contributed by atoms with E-state index >= 15 is 0 Å². The van der Waals surface area contributed by atoms with E-state index < -0.39 is 20.5 Å². The maximum absolute atomic E-state index is 11.8. The zero-order valence-electron chi connectivity index (χ0n) is 23.7. The van der Waals surface area contributed by atoms with Crippen molar-refractivity contribution in [2.24, 2.45) is 5.73 Å². The number of aliphatic hydroxyl groups is 1. The van der Waals surface area contributed by atoms with Gasteiger partial charge in [-0.2, -0.15) is 0 Å². The molecular formula is C28H58NO7P. The topological polar surface area (TPSA) is 128 Å². The summed E-state index contributed by atoms with van der Waals surface area (Å²) < 4.78 is 25.6. The summed E-state index contributed by atoms with van der Waals surface area (Å²) in [6.07, 6.45) is 25.3. The van der Waals surface area contributed by atoms with Crippen LogP contribution in [-0.2, 0) is 23.1 Å². The maximum atomic E-state index is 11.8. The van der Waals surface area contributed by atoms with Crippen LogP contribution in [-0.4, -0.2) is 48.4 Å². The fraction of sp³-hybridized carbons (Fsp3) is 0.964. The molecule has 0 rings (SSSR count). The third-order valence-corrected chi connectivity index (χ3v) is 7.46. The molecule has 37 heavy (non-hydrogen) atoms. The first kappa shape index (κ1) is 36.5. The standard InChI is InChI=1S/C28H58NO7P/c1-2-3-4-5-6-7-8-9-10-11-12-13-14-15-16-17-18-19-20-21-22-28(31)34-25-27(30)26-36-37(32,33)35-24-23-29/h27,30H,2-26,29H2,1H3,(H,32,33). The number of phosphoric ester groups is 1. The fourth-order valence-electron chi connectivity index (χ4n) is 4.22. The van der Waals surface area contributed by atoms with Crippen LogP contribution >= 0.6 is 7.82 Å². The molecule has 222 valence electrons. The second-order valence-electron chi connectivity index (χ2n) is 10.2. The molecule has 2 unspecified atom stereocenters. The van der Waals surface area contributed by atoms with Crippen LogP contribution in [0.2, 0.25) is 0 Å². The molecule has 9 heteroatoms. The number of nitrogens with two attached hydrogens (primary N) is 1. The first-order valence-corrected chi connectivity index (χ1v) is 16.6. The van der Waals surface area contributed by atoms with Crippen LogP contribution < -0.4 is 5.73 Å². The number of aliphatic hydroxyl groups excluding tert-OH is 1. The van der Waals surface area contributed by atoms with Gasteiger partial charge in [-0.3, -0.25) is 13.8 Å². The van der Waals surface area contributed by atoms with Gasteiger partial charge in [-0.1, -0.05) is 129 Å². The smallest absolute Gasteiger partial charge is 0.463 e. The van der Waals surface area contributed by atoms with Gasteiger partial charge in [-0.15, -0.1) is 0 Å². The lowest BCUT2D eigenvalue weighted by molar-refractivity contribution is -0.147. The van der Waals surface area contributed by atoms with E-state index in [1.165, 1.54) is 109 Å². The third-order valence-electron chi connectivity index (χ3n) is 6.47. The molecule has 0 saturated heterocycles. The molecule has 0 bridgehead atoms. The molecule has 0 heterocycles. The molecule has 0 aliphatic rings. The molecule has 0 spiro atoms. The largest absolute Gasteiger partial charge is 0.472 e. The van der Waals surface area contributed by atoms with E-state index in [0.717, 1.165) is 19.3 Å². The summed E-state index contributed by atoms with van der Waals surface area (Å²) in [5.74, 6) is -0.381. The van der Waals surface area contributed by atoms with Gasteiger partial charge in [0.2, 0.25) is 0 Å². The molecule has 4 N–H and O–H groups in total. The van der Waals surface area contributed by atoms with Gasteiger partial charge in [0.15, 0.2) is 0 Å². The normalized spacial score (nSPS) is 13.9. The van der Waals surface area contributed by atoms with Crippen molar-refractivity contribution in [3.63, 3.8) is 0 Å². The fourth-order valence-corrected chi connectivity index (χ4v) is 4.99. The number of phosphoric acid groups is 1. The van der Waals surface area contributed by atoms with Gasteiger partial charge in [-0.05, 0) is 6.42 Å². The molecule has 0 aromatic carbocycles. The van der Waals surface area contributed by atoms with Crippen LogP contribution in [0.3, 0.4) is 0 Å². The summed E-state index contributed by atoms with van der Waals surface area (Å²) in [7, 11) is -4.24. The van der Waals surface area contributed by atoms with Crippen molar-refractivity contribution >= 4 is 13.8 Å². The third kappa shape index (κ3) is 28.3. The number of hydrogen-bond donors (Lipinski definition) is 3. The van der Waals surface area contributed by atoms with E-state index in [9.17, 15) is 19.4 Å². The van der Waals surface area contributed by atoms with E-state index in [0.29, 0.717) is 6.42 Å². The number of rotatable bonds is 29. The lowest BCUT2D eigenvalue weighted by Gasteiger charge is -2.15. The summed E-state index contributed by atoms with van der Waals surface area (Å²) >= 11 is 0. The quantitative estimate of drug-likeness (QED) is 0.0506. The average Bonchev–Trinajstić information content (AvgIpc) is 2.88. The van der Waals surface area contributed by atoms with E-state index in [4.69, 9.17) is 10.5 Å². The predicted molar refractivity (Wildman–Crippen MR) is 150 cm³/mol. The Labute approximate surface area is 227 Å². The molecule has 0 aliphatic heterocycles. The van der Waals surface area contributed by atoms with Gasteiger partial charge < -0.3 is 20.5 Å². The summed E-state index contributed by atoms with van der Waals surface area (Å²) in [6.45, 7) is 1.47. The molecule has 0 aliphatic carbocycles. The number of ether oxygens (including phenoxy) is 1. The Morgan fingerprint density at radius 3 is 1.51 bits per heavy atom. The van der Waals surface area contributed by atoms with Crippen LogP contribution in [0.4, 0.5) is 0 Å². The molecule has 8 nitrogen and oxygen atoms in total. The molecule has 0 radical (unpaired) electrons. The van der Waals surface area contributed by atoms with Gasteiger partial charge in [0.05, 0.1) is 13.2 Å². The molecule has 0 saturated carbocycles. The SMILES string of the molecule is CCCCCCCCCCCCCCCCCCCCCCC(=O)OCC(O)COP(=O)(O)OCCN. The monoisotopic (exact) mass is 551 g/mol. The number of carbonyl (C=O) groups excluding carboxylic acids is 1. The highest BCUT2D eigenvalue weighted by atomic mass is 31.2. The summed E-state index contributed by atoms with van der Waals surface area (Å²) in [6, 6.07) is 0. The van der Waals surface area contributed by atoms with Crippen LogP contribution in [0, 0.1) is 0 Å². The summed E-state index contributed by atoms with van der Waals surface area (Å²) in [5.41, 5.74) is 5.18. The Bertz CT molecular complexity index is 551. The van der Waals surface area contributed by atoms with E-state index in [1.807, 2.05) is 0 Å². The Balaban J connectivity index is 3.33. The minimum Gasteiger partial charge on any atom is -0.463 e. The highest BCUT2D eigenvalue weighted by Gasteiger charge is 2.22. The van der Waals surface area contributed by atoms with Gasteiger partial charge >= 0.3 is 13.8 Å². The van der Waals surface area contributed by atoms with Crippen molar-refractivity contribution in [3.05, 3.63) is 0 Å². The van der Waals surface area contributed by atoms with Crippen molar-refractivity contribution < 1.29 is 33.1 Å². The van der Waals surface area contributed by atoms with Crippen molar-refractivity contribution in [1.82, 2.24) is 0 Å². The molecular weight excluding hydrogens is 493 g/mol. The Morgan fingerprint density at radius 1 is 0.703 bits per heavy atom. The van der Waals surface area contributed by atoms with Gasteiger partial charge in [0, 0.05) is 13.0 Å². The van der Waals surface area contributed by atoms with Gasteiger partial charge in [0.1, 0.15) is 12.7 Å². The van der Waals surface area contributed by atoms with Crippen LogP contribution in [0.5, 0.6) is 0 Å². The van der Waals surface area contributed by atoms with Gasteiger partial charge in [-0.25, -0.2) is 4.57 Å². The average molecular weight is 552 g/mol. The van der Waals surface area contributed by atoms with Crippen molar-refractivity contribution in [3.8, 4) is 0 Å². The minimum absolute atomic E-state index is 0.0770. The molecule has 0 amide bonds. The number of esters is 1. The molecule has 0 aromatic heterocycles. The van der Waals surface area contributed by atoms with Gasteiger partial charge in [0.25, 0.3) is 0 Å². The lowest BCUT2D eigenvalue weighted by atomic mass is 10.0. The zero-order chi connectivity index (χ0) is 27.5. The van der Waals surface area contributed by atoms with Crippen LogP contribution in [0.15, 0.2) is 0 Å². The van der Waals surface area contributed by atoms with Crippen LogP contribution in [0.25, 0.3) is 0 Å². The van der Waals surface area contributed by atoms with Crippen molar-refractivity contribution in [2.75, 3.05) is 26.4 Å². The maximum Gasteiger partial charge on any atom is 0.472 e.